The van der Waals surface area contributed by atoms with Gasteiger partial charge in [-0.25, -0.2) is 0 Å². The Morgan fingerprint density at radius 3 is 2.67 bits per heavy atom. The van der Waals surface area contributed by atoms with Gasteiger partial charge in [-0.05, 0) is 63.6 Å². The maximum Gasteiger partial charge on any atom is 0.0538 e. The standard InChI is InChI=1S/C20H31N/c1-4-14-21-20(18-10-8-6-5-7-9-11-18)19-13-12-16(2)15-17(19)3/h10,12-13,15,20-21H,4-9,11,14H2,1-3H3/b18-10+. The second-order valence-electron chi connectivity index (χ2n) is 6.48. The second kappa shape index (κ2) is 8.38. The van der Waals surface area contributed by atoms with E-state index >= 15 is 0 Å². The van der Waals surface area contributed by atoms with Crippen LogP contribution in [0, 0.1) is 13.8 Å². The Morgan fingerprint density at radius 1 is 1.10 bits per heavy atom. The summed E-state index contributed by atoms with van der Waals surface area (Å²) in [7, 11) is 0. The van der Waals surface area contributed by atoms with Gasteiger partial charge in [0.15, 0.2) is 0 Å². The highest BCUT2D eigenvalue weighted by molar-refractivity contribution is 5.37. The van der Waals surface area contributed by atoms with E-state index in [9.17, 15) is 0 Å². The molecule has 1 aliphatic carbocycles. The molecule has 1 aliphatic rings. The lowest BCUT2D eigenvalue weighted by Gasteiger charge is -2.25. The number of aryl methyl sites for hydroxylation is 2. The van der Waals surface area contributed by atoms with Crippen LogP contribution in [0.25, 0.3) is 0 Å². The molecule has 0 aromatic heterocycles. The zero-order valence-electron chi connectivity index (χ0n) is 14.0. The molecule has 1 N–H and O–H groups in total. The van der Waals surface area contributed by atoms with E-state index in [1.807, 2.05) is 0 Å². The lowest BCUT2D eigenvalue weighted by molar-refractivity contribution is 0.539. The fraction of sp³-hybridized carbons (Fsp3) is 0.600. The average Bonchev–Trinajstić information content (AvgIpc) is 2.42. The van der Waals surface area contributed by atoms with E-state index in [1.54, 1.807) is 5.57 Å². The zero-order valence-corrected chi connectivity index (χ0v) is 14.0. The number of allylic oxidation sites excluding steroid dienone is 1. The van der Waals surface area contributed by atoms with Gasteiger partial charge in [-0.3, -0.25) is 0 Å². The Hall–Kier alpha value is -1.08. The van der Waals surface area contributed by atoms with Gasteiger partial charge in [0.1, 0.15) is 0 Å². The minimum atomic E-state index is 0.420. The zero-order chi connectivity index (χ0) is 15.1. The molecule has 0 spiro atoms. The van der Waals surface area contributed by atoms with E-state index in [4.69, 9.17) is 0 Å². The van der Waals surface area contributed by atoms with E-state index in [-0.39, 0.29) is 0 Å². The van der Waals surface area contributed by atoms with Crippen molar-refractivity contribution in [2.45, 2.75) is 71.8 Å². The first-order valence-corrected chi connectivity index (χ1v) is 8.72. The van der Waals surface area contributed by atoms with Crippen LogP contribution >= 0.6 is 0 Å². The maximum atomic E-state index is 3.80. The molecule has 1 heteroatoms. The molecule has 0 amide bonds. The number of rotatable bonds is 5. The Labute approximate surface area is 130 Å². The van der Waals surface area contributed by atoms with Crippen molar-refractivity contribution in [2.75, 3.05) is 6.54 Å². The quantitative estimate of drug-likeness (QED) is 0.692. The largest absolute Gasteiger partial charge is 0.307 e. The van der Waals surface area contributed by atoms with Crippen molar-refractivity contribution in [3.05, 3.63) is 46.5 Å². The summed E-state index contributed by atoms with van der Waals surface area (Å²) in [6.45, 7) is 7.78. The third-order valence-corrected chi connectivity index (χ3v) is 4.53. The van der Waals surface area contributed by atoms with Crippen molar-refractivity contribution < 1.29 is 0 Å². The molecule has 0 radical (unpaired) electrons. The van der Waals surface area contributed by atoms with Crippen molar-refractivity contribution in [3.8, 4) is 0 Å². The highest BCUT2D eigenvalue weighted by Gasteiger charge is 2.18. The van der Waals surface area contributed by atoms with Crippen LogP contribution in [-0.4, -0.2) is 6.54 Å². The Kier molecular flexibility index (Phi) is 6.50. The van der Waals surface area contributed by atoms with E-state index in [0.29, 0.717) is 6.04 Å². The molecule has 0 fully saturated rings. The van der Waals surface area contributed by atoms with Gasteiger partial charge >= 0.3 is 0 Å². The molecular weight excluding hydrogens is 254 g/mol. The first kappa shape index (κ1) is 16.3. The van der Waals surface area contributed by atoms with Gasteiger partial charge in [0, 0.05) is 0 Å². The molecule has 2 rings (SSSR count). The van der Waals surface area contributed by atoms with Gasteiger partial charge in [0.2, 0.25) is 0 Å². The monoisotopic (exact) mass is 285 g/mol. The maximum absolute atomic E-state index is 3.80. The second-order valence-corrected chi connectivity index (χ2v) is 6.48. The van der Waals surface area contributed by atoms with Crippen molar-refractivity contribution in [1.82, 2.24) is 5.32 Å². The first-order valence-electron chi connectivity index (χ1n) is 8.72. The number of hydrogen-bond donors (Lipinski definition) is 1. The first-order chi connectivity index (χ1) is 10.2. The van der Waals surface area contributed by atoms with Crippen LogP contribution in [0.1, 0.15) is 74.6 Å². The summed E-state index contributed by atoms with van der Waals surface area (Å²) >= 11 is 0. The van der Waals surface area contributed by atoms with Crippen LogP contribution in [0.4, 0.5) is 0 Å². The smallest absolute Gasteiger partial charge is 0.0538 e. The van der Waals surface area contributed by atoms with Gasteiger partial charge in [-0.2, -0.15) is 0 Å². The third kappa shape index (κ3) is 4.71. The van der Waals surface area contributed by atoms with E-state index < -0.39 is 0 Å². The Bertz CT molecular complexity index is 473. The fourth-order valence-corrected chi connectivity index (χ4v) is 3.36. The van der Waals surface area contributed by atoms with Crippen LogP contribution in [0.2, 0.25) is 0 Å². The summed E-state index contributed by atoms with van der Waals surface area (Å²) in [6, 6.07) is 7.33. The topological polar surface area (TPSA) is 12.0 Å². The molecule has 1 aromatic rings. The molecule has 1 atom stereocenters. The number of hydrogen-bond acceptors (Lipinski definition) is 1. The molecule has 1 aromatic carbocycles. The molecule has 0 bridgehead atoms. The summed E-state index contributed by atoms with van der Waals surface area (Å²) in [5.74, 6) is 0. The molecule has 1 nitrogen and oxygen atoms in total. The van der Waals surface area contributed by atoms with Crippen molar-refractivity contribution >= 4 is 0 Å². The minimum absolute atomic E-state index is 0.420. The van der Waals surface area contributed by atoms with E-state index in [2.05, 4.69) is 50.4 Å². The van der Waals surface area contributed by atoms with Gasteiger partial charge in [-0.1, -0.05) is 55.2 Å². The Morgan fingerprint density at radius 2 is 1.90 bits per heavy atom. The highest BCUT2D eigenvalue weighted by atomic mass is 14.9. The molecule has 21 heavy (non-hydrogen) atoms. The molecule has 116 valence electrons. The number of nitrogens with one attached hydrogen (secondary N) is 1. The van der Waals surface area contributed by atoms with Crippen LogP contribution < -0.4 is 5.32 Å². The summed E-state index contributed by atoms with van der Waals surface area (Å²) in [5.41, 5.74) is 5.87. The average molecular weight is 285 g/mol. The van der Waals surface area contributed by atoms with Crippen molar-refractivity contribution in [2.24, 2.45) is 0 Å². The lowest BCUT2D eigenvalue weighted by Crippen LogP contribution is -2.25. The lowest BCUT2D eigenvalue weighted by atomic mass is 9.88. The van der Waals surface area contributed by atoms with Gasteiger partial charge in [0.05, 0.1) is 6.04 Å². The fourth-order valence-electron chi connectivity index (χ4n) is 3.36. The molecule has 0 heterocycles. The van der Waals surface area contributed by atoms with E-state index in [1.165, 1.54) is 61.6 Å². The predicted octanol–water partition coefficient (Wildman–Crippen LogP) is 5.62. The predicted molar refractivity (Wildman–Crippen MR) is 92.7 cm³/mol. The Balaban J connectivity index is 2.27. The van der Waals surface area contributed by atoms with Crippen molar-refractivity contribution in [3.63, 3.8) is 0 Å². The summed E-state index contributed by atoms with van der Waals surface area (Å²) in [5, 5.41) is 3.80. The van der Waals surface area contributed by atoms with Crippen molar-refractivity contribution in [1.29, 1.82) is 0 Å². The van der Waals surface area contributed by atoms with Crippen LogP contribution in [0.15, 0.2) is 29.8 Å². The summed E-state index contributed by atoms with van der Waals surface area (Å²) in [4.78, 5) is 0. The molecular formula is C20H31N. The third-order valence-electron chi connectivity index (χ3n) is 4.53. The van der Waals surface area contributed by atoms with E-state index in [0.717, 1.165) is 6.54 Å². The molecule has 0 saturated carbocycles. The van der Waals surface area contributed by atoms with Crippen LogP contribution in [-0.2, 0) is 0 Å². The summed E-state index contributed by atoms with van der Waals surface area (Å²) in [6.07, 6.45) is 11.7. The van der Waals surface area contributed by atoms with Gasteiger partial charge < -0.3 is 5.32 Å². The molecule has 0 aliphatic heterocycles. The molecule has 1 unspecified atom stereocenters. The van der Waals surface area contributed by atoms with Gasteiger partial charge in [-0.15, -0.1) is 0 Å². The minimum Gasteiger partial charge on any atom is -0.307 e. The molecule has 0 saturated heterocycles. The normalized spacial score (nSPS) is 20.2. The highest BCUT2D eigenvalue weighted by Crippen LogP contribution is 2.31. The summed E-state index contributed by atoms with van der Waals surface area (Å²) < 4.78 is 0. The van der Waals surface area contributed by atoms with Crippen LogP contribution in [0.3, 0.4) is 0 Å². The van der Waals surface area contributed by atoms with Crippen LogP contribution in [0.5, 0.6) is 0 Å². The number of benzene rings is 1. The SMILES string of the molecule is CCCNC(/C1=C/CCCCCC1)c1ccc(C)cc1C. The van der Waals surface area contributed by atoms with Gasteiger partial charge in [0.25, 0.3) is 0 Å².